The molecule has 3 rings (SSSR count). The van der Waals surface area contributed by atoms with Gasteiger partial charge in [0.05, 0.1) is 10.7 Å². The van der Waals surface area contributed by atoms with Crippen molar-refractivity contribution in [3.8, 4) is 0 Å². The SMILES string of the molecule is Cc1nc(C)c(C(C)N2CCCNC3(CCCC3)C2)s1. The number of nitrogens with one attached hydrogen (secondary N) is 1. The van der Waals surface area contributed by atoms with Crippen molar-refractivity contribution in [3.63, 3.8) is 0 Å². The van der Waals surface area contributed by atoms with Gasteiger partial charge in [0.2, 0.25) is 0 Å². The lowest BCUT2D eigenvalue weighted by Crippen LogP contribution is -2.49. The second-order valence-electron chi connectivity index (χ2n) is 6.60. The van der Waals surface area contributed by atoms with Gasteiger partial charge in [-0.1, -0.05) is 12.8 Å². The summed E-state index contributed by atoms with van der Waals surface area (Å²) in [5, 5.41) is 5.06. The maximum Gasteiger partial charge on any atom is 0.0900 e. The molecule has 3 nitrogen and oxygen atoms in total. The Bertz CT molecular complexity index is 462. The molecule has 0 aromatic carbocycles. The molecular formula is C16H27N3S. The van der Waals surface area contributed by atoms with E-state index < -0.39 is 0 Å². The van der Waals surface area contributed by atoms with E-state index in [1.807, 2.05) is 11.3 Å². The molecular weight excluding hydrogens is 266 g/mol. The summed E-state index contributed by atoms with van der Waals surface area (Å²) in [7, 11) is 0. The van der Waals surface area contributed by atoms with Crippen LogP contribution in [0.5, 0.6) is 0 Å². The number of rotatable bonds is 2. The molecule has 1 saturated carbocycles. The average Bonchev–Trinajstić information content (AvgIpc) is 2.92. The van der Waals surface area contributed by atoms with Crippen molar-refractivity contribution in [2.75, 3.05) is 19.6 Å². The van der Waals surface area contributed by atoms with Gasteiger partial charge in [0.25, 0.3) is 0 Å². The van der Waals surface area contributed by atoms with E-state index in [1.54, 1.807) is 0 Å². The molecule has 2 fully saturated rings. The first-order valence-electron chi connectivity index (χ1n) is 8.03. The van der Waals surface area contributed by atoms with Gasteiger partial charge in [0, 0.05) is 29.5 Å². The molecule has 0 amide bonds. The lowest BCUT2D eigenvalue weighted by molar-refractivity contribution is 0.167. The van der Waals surface area contributed by atoms with Gasteiger partial charge in [0.15, 0.2) is 0 Å². The minimum absolute atomic E-state index is 0.401. The molecule has 20 heavy (non-hydrogen) atoms. The number of nitrogens with zero attached hydrogens (tertiary/aromatic N) is 2. The number of aromatic nitrogens is 1. The molecule has 2 aliphatic rings. The fourth-order valence-electron chi connectivity index (χ4n) is 3.98. The van der Waals surface area contributed by atoms with Gasteiger partial charge in [-0.2, -0.15) is 0 Å². The molecule has 1 aliphatic heterocycles. The molecule has 1 aliphatic carbocycles. The molecule has 1 unspecified atom stereocenters. The van der Waals surface area contributed by atoms with Crippen LogP contribution in [0.4, 0.5) is 0 Å². The van der Waals surface area contributed by atoms with Crippen LogP contribution in [0.1, 0.15) is 60.6 Å². The Morgan fingerprint density at radius 3 is 2.65 bits per heavy atom. The maximum atomic E-state index is 4.62. The molecule has 4 heteroatoms. The molecule has 1 spiro atoms. The van der Waals surface area contributed by atoms with E-state index in [0.717, 1.165) is 0 Å². The first-order valence-corrected chi connectivity index (χ1v) is 8.84. The third-order valence-electron chi connectivity index (χ3n) is 5.06. The summed E-state index contributed by atoms with van der Waals surface area (Å²) < 4.78 is 0. The van der Waals surface area contributed by atoms with E-state index in [-0.39, 0.29) is 0 Å². The van der Waals surface area contributed by atoms with E-state index in [4.69, 9.17) is 0 Å². The Hall–Kier alpha value is -0.450. The molecule has 0 bridgehead atoms. The van der Waals surface area contributed by atoms with Gasteiger partial charge >= 0.3 is 0 Å². The molecule has 1 atom stereocenters. The van der Waals surface area contributed by atoms with Gasteiger partial charge in [-0.25, -0.2) is 4.98 Å². The summed E-state index contributed by atoms with van der Waals surface area (Å²) in [5.41, 5.74) is 1.64. The van der Waals surface area contributed by atoms with Gasteiger partial charge in [-0.3, -0.25) is 4.90 Å². The van der Waals surface area contributed by atoms with Crippen molar-refractivity contribution in [3.05, 3.63) is 15.6 Å². The highest BCUT2D eigenvalue weighted by atomic mass is 32.1. The topological polar surface area (TPSA) is 28.2 Å². The van der Waals surface area contributed by atoms with Crippen molar-refractivity contribution in [1.29, 1.82) is 0 Å². The Kier molecular flexibility index (Phi) is 4.16. The monoisotopic (exact) mass is 293 g/mol. The van der Waals surface area contributed by atoms with E-state index in [0.29, 0.717) is 11.6 Å². The fourth-order valence-corrected chi connectivity index (χ4v) is 4.99. The second-order valence-corrected chi connectivity index (χ2v) is 7.83. The highest BCUT2D eigenvalue weighted by Crippen LogP contribution is 2.36. The summed E-state index contributed by atoms with van der Waals surface area (Å²) in [6, 6.07) is 0.513. The van der Waals surface area contributed by atoms with Crippen LogP contribution in [0.2, 0.25) is 0 Å². The number of hydrogen-bond donors (Lipinski definition) is 1. The van der Waals surface area contributed by atoms with Gasteiger partial charge in [0.1, 0.15) is 0 Å². The van der Waals surface area contributed by atoms with Crippen LogP contribution >= 0.6 is 11.3 Å². The Balaban J connectivity index is 1.79. The molecule has 112 valence electrons. The fraction of sp³-hybridized carbons (Fsp3) is 0.812. The Morgan fingerprint density at radius 1 is 1.25 bits per heavy atom. The normalized spacial score (nSPS) is 24.9. The van der Waals surface area contributed by atoms with Crippen molar-refractivity contribution < 1.29 is 0 Å². The Morgan fingerprint density at radius 2 is 2.00 bits per heavy atom. The first-order chi connectivity index (χ1) is 9.60. The van der Waals surface area contributed by atoms with Crippen LogP contribution in [-0.4, -0.2) is 35.1 Å². The van der Waals surface area contributed by atoms with Crippen molar-refractivity contribution in [2.24, 2.45) is 0 Å². The lowest BCUT2D eigenvalue weighted by Gasteiger charge is -2.36. The predicted octanol–water partition coefficient (Wildman–Crippen LogP) is 3.43. The van der Waals surface area contributed by atoms with Gasteiger partial charge in [-0.05, 0) is 46.6 Å². The van der Waals surface area contributed by atoms with E-state index in [1.165, 1.54) is 67.3 Å². The molecule has 1 aromatic heterocycles. The number of aryl methyl sites for hydroxylation is 2. The zero-order chi connectivity index (χ0) is 14.2. The largest absolute Gasteiger partial charge is 0.310 e. The van der Waals surface area contributed by atoms with Crippen LogP contribution in [0.25, 0.3) is 0 Å². The van der Waals surface area contributed by atoms with Gasteiger partial charge < -0.3 is 5.32 Å². The van der Waals surface area contributed by atoms with E-state index in [2.05, 4.69) is 36.0 Å². The highest BCUT2D eigenvalue weighted by Gasteiger charge is 2.38. The summed E-state index contributed by atoms with van der Waals surface area (Å²) in [6.45, 7) is 10.3. The third-order valence-corrected chi connectivity index (χ3v) is 6.30. The highest BCUT2D eigenvalue weighted by molar-refractivity contribution is 7.11. The Labute approximate surface area is 126 Å². The quantitative estimate of drug-likeness (QED) is 0.905. The lowest BCUT2D eigenvalue weighted by atomic mass is 9.96. The smallest absolute Gasteiger partial charge is 0.0900 e. The van der Waals surface area contributed by atoms with Gasteiger partial charge in [-0.15, -0.1) is 11.3 Å². The third kappa shape index (κ3) is 2.78. The summed E-state index contributed by atoms with van der Waals surface area (Å²) in [4.78, 5) is 8.79. The molecule has 2 heterocycles. The molecule has 1 aromatic rings. The zero-order valence-electron chi connectivity index (χ0n) is 13.0. The standard InChI is InChI=1S/C16H27N3S/c1-12-15(20-14(3)18-12)13(2)19-10-6-9-17-16(11-19)7-4-5-8-16/h13,17H,4-11H2,1-3H3. The molecule has 1 N–H and O–H groups in total. The van der Waals surface area contributed by atoms with Crippen molar-refractivity contribution in [2.45, 2.75) is 64.5 Å². The minimum Gasteiger partial charge on any atom is -0.310 e. The first kappa shape index (κ1) is 14.5. The van der Waals surface area contributed by atoms with Crippen LogP contribution in [0.15, 0.2) is 0 Å². The van der Waals surface area contributed by atoms with Crippen molar-refractivity contribution >= 4 is 11.3 Å². The summed E-state index contributed by atoms with van der Waals surface area (Å²) in [6.07, 6.45) is 6.78. The molecule has 1 saturated heterocycles. The van der Waals surface area contributed by atoms with Crippen LogP contribution < -0.4 is 5.32 Å². The second kappa shape index (κ2) is 5.74. The minimum atomic E-state index is 0.401. The number of thiazole rings is 1. The zero-order valence-corrected chi connectivity index (χ0v) is 13.9. The van der Waals surface area contributed by atoms with E-state index in [9.17, 15) is 0 Å². The summed E-state index contributed by atoms with van der Waals surface area (Å²) >= 11 is 1.88. The van der Waals surface area contributed by atoms with Crippen molar-refractivity contribution in [1.82, 2.24) is 15.2 Å². The number of hydrogen-bond acceptors (Lipinski definition) is 4. The predicted molar refractivity (Wildman–Crippen MR) is 85.4 cm³/mol. The van der Waals surface area contributed by atoms with E-state index >= 15 is 0 Å². The average molecular weight is 293 g/mol. The molecule has 0 radical (unpaired) electrons. The van der Waals surface area contributed by atoms with Crippen LogP contribution in [0.3, 0.4) is 0 Å². The van der Waals surface area contributed by atoms with Crippen LogP contribution in [0, 0.1) is 13.8 Å². The van der Waals surface area contributed by atoms with Crippen LogP contribution in [-0.2, 0) is 0 Å². The summed E-state index contributed by atoms with van der Waals surface area (Å²) in [5.74, 6) is 0. The maximum absolute atomic E-state index is 4.62.